The van der Waals surface area contributed by atoms with Crippen LogP contribution in [-0.4, -0.2) is 17.2 Å². The summed E-state index contributed by atoms with van der Waals surface area (Å²) in [5.41, 5.74) is 0. The molecule has 2 rings (SSSR count). The van der Waals surface area contributed by atoms with Crippen molar-refractivity contribution in [3.05, 3.63) is 33.2 Å². The van der Waals surface area contributed by atoms with Crippen LogP contribution in [0.5, 0.6) is 5.75 Å². The molecule has 0 radical (unpaired) electrons. The highest BCUT2D eigenvalue weighted by Crippen LogP contribution is 2.30. The van der Waals surface area contributed by atoms with E-state index in [1.807, 2.05) is 0 Å². The number of hydrogen-bond acceptors (Lipinski definition) is 5. The lowest BCUT2D eigenvalue weighted by atomic mass is 10.3. The molecule has 0 aliphatic rings. The predicted octanol–water partition coefficient (Wildman–Crippen LogP) is 3.20. The van der Waals surface area contributed by atoms with Crippen molar-refractivity contribution < 1.29 is 13.5 Å². The van der Waals surface area contributed by atoms with Gasteiger partial charge in [0.05, 0.1) is 4.47 Å². The summed E-state index contributed by atoms with van der Waals surface area (Å²) < 4.78 is 31.8. The van der Waals surface area contributed by atoms with Gasteiger partial charge in [-0.2, -0.15) is 0 Å². The van der Waals surface area contributed by atoms with Crippen molar-refractivity contribution in [1.29, 1.82) is 0 Å². The quantitative estimate of drug-likeness (QED) is 0.932. The molecule has 1 aromatic heterocycles. The Balaban J connectivity index is 2.10. The molecule has 1 N–H and O–H groups in total. The van der Waals surface area contributed by atoms with Crippen molar-refractivity contribution in [2.24, 2.45) is 0 Å². The van der Waals surface area contributed by atoms with E-state index in [1.165, 1.54) is 11.3 Å². The fraction of sp³-hybridized carbons (Fsp3) is 0.200. The zero-order valence-electron chi connectivity index (χ0n) is 9.21. The van der Waals surface area contributed by atoms with E-state index >= 15 is 0 Å². The van der Waals surface area contributed by atoms with Crippen molar-refractivity contribution in [2.75, 3.05) is 12.4 Å². The van der Waals surface area contributed by atoms with Crippen LogP contribution in [0.4, 0.5) is 13.9 Å². The molecule has 0 amide bonds. The first-order valence-electron chi connectivity index (χ1n) is 4.87. The van der Waals surface area contributed by atoms with Crippen LogP contribution in [0, 0.1) is 11.6 Å². The number of hydrogen-bond donors (Lipinski definition) is 1. The van der Waals surface area contributed by atoms with Gasteiger partial charge in [0, 0.05) is 13.1 Å². The lowest BCUT2D eigenvalue weighted by molar-refractivity contribution is 0.285. The van der Waals surface area contributed by atoms with E-state index in [2.05, 4.69) is 31.4 Å². The summed E-state index contributed by atoms with van der Waals surface area (Å²) in [5, 5.41) is 11.7. The van der Waals surface area contributed by atoms with Crippen LogP contribution in [0.2, 0.25) is 0 Å². The minimum atomic E-state index is -0.764. The fourth-order valence-corrected chi connectivity index (χ4v) is 2.34. The molecule has 0 atom stereocenters. The number of benzene rings is 1. The number of nitrogens with one attached hydrogen (secondary N) is 1. The van der Waals surface area contributed by atoms with Gasteiger partial charge in [-0.05, 0) is 22.0 Å². The van der Waals surface area contributed by atoms with E-state index in [0.29, 0.717) is 10.1 Å². The number of nitrogens with zero attached hydrogens (tertiary/aromatic N) is 2. The molecule has 1 heterocycles. The van der Waals surface area contributed by atoms with Crippen LogP contribution in [0.15, 0.2) is 16.6 Å². The number of aromatic nitrogens is 2. The maximum absolute atomic E-state index is 13.4. The minimum Gasteiger partial charge on any atom is -0.482 e. The number of halogens is 3. The third-order valence-electron chi connectivity index (χ3n) is 1.98. The molecule has 0 unspecified atom stereocenters. The van der Waals surface area contributed by atoms with Crippen LogP contribution < -0.4 is 10.1 Å². The molecule has 0 saturated carbocycles. The Labute approximate surface area is 114 Å². The maximum Gasteiger partial charge on any atom is 0.205 e. The molecule has 0 aliphatic heterocycles. The SMILES string of the molecule is CNc1nnc(COc2c(F)cc(F)cc2Br)s1. The van der Waals surface area contributed by atoms with Gasteiger partial charge in [0.15, 0.2) is 16.6 Å². The Kier molecular flexibility index (Phi) is 4.07. The van der Waals surface area contributed by atoms with Crippen LogP contribution in [0.3, 0.4) is 0 Å². The fourth-order valence-electron chi connectivity index (χ4n) is 1.21. The van der Waals surface area contributed by atoms with E-state index in [4.69, 9.17) is 4.74 Å². The summed E-state index contributed by atoms with van der Waals surface area (Å²) in [7, 11) is 1.72. The first-order chi connectivity index (χ1) is 8.60. The van der Waals surface area contributed by atoms with Gasteiger partial charge in [-0.25, -0.2) is 8.78 Å². The Morgan fingerprint density at radius 1 is 1.39 bits per heavy atom. The summed E-state index contributed by atoms with van der Waals surface area (Å²) in [6, 6.07) is 1.90. The molecular formula is C10H8BrF2N3OS. The first-order valence-corrected chi connectivity index (χ1v) is 6.48. The van der Waals surface area contributed by atoms with Gasteiger partial charge in [-0.1, -0.05) is 11.3 Å². The summed E-state index contributed by atoms with van der Waals surface area (Å²) in [6.07, 6.45) is 0. The number of rotatable bonds is 4. The van der Waals surface area contributed by atoms with Crippen molar-refractivity contribution in [3.63, 3.8) is 0 Å². The second-order valence-electron chi connectivity index (χ2n) is 3.24. The molecule has 0 spiro atoms. The van der Waals surface area contributed by atoms with Gasteiger partial charge in [0.2, 0.25) is 5.13 Å². The van der Waals surface area contributed by atoms with Crippen LogP contribution in [0.25, 0.3) is 0 Å². The Morgan fingerprint density at radius 2 is 2.17 bits per heavy atom. The van der Waals surface area contributed by atoms with E-state index < -0.39 is 11.6 Å². The molecule has 0 aliphatic carbocycles. The Hall–Kier alpha value is -1.28. The smallest absolute Gasteiger partial charge is 0.205 e. The van der Waals surface area contributed by atoms with Crippen LogP contribution in [0.1, 0.15) is 5.01 Å². The van der Waals surface area contributed by atoms with Gasteiger partial charge >= 0.3 is 0 Å². The molecule has 4 nitrogen and oxygen atoms in total. The summed E-state index contributed by atoms with van der Waals surface area (Å²) in [5.74, 6) is -1.47. The standard InChI is InChI=1S/C10H8BrF2N3OS/c1-14-10-16-15-8(18-10)4-17-9-6(11)2-5(12)3-7(9)13/h2-3H,4H2,1H3,(H,14,16). The first kappa shape index (κ1) is 13.2. The van der Waals surface area contributed by atoms with Gasteiger partial charge in [-0.15, -0.1) is 10.2 Å². The van der Waals surface area contributed by atoms with Crippen molar-refractivity contribution in [2.45, 2.75) is 6.61 Å². The van der Waals surface area contributed by atoms with Gasteiger partial charge in [-0.3, -0.25) is 0 Å². The van der Waals surface area contributed by atoms with Gasteiger partial charge in [0.25, 0.3) is 0 Å². The molecule has 8 heteroatoms. The average Bonchev–Trinajstić information content (AvgIpc) is 2.75. The van der Waals surface area contributed by atoms with E-state index in [-0.39, 0.29) is 16.8 Å². The molecule has 0 bridgehead atoms. The summed E-state index contributed by atoms with van der Waals surface area (Å²) in [6.45, 7) is 0.0699. The van der Waals surface area contributed by atoms with Crippen molar-refractivity contribution in [3.8, 4) is 5.75 Å². The molecule has 18 heavy (non-hydrogen) atoms. The maximum atomic E-state index is 13.4. The molecule has 1 aromatic carbocycles. The molecule has 2 aromatic rings. The van der Waals surface area contributed by atoms with Crippen molar-refractivity contribution >= 4 is 32.4 Å². The third kappa shape index (κ3) is 2.94. The largest absolute Gasteiger partial charge is 0.482 e. The second kappa shape index (κ2) is 5.57. The van der Waals surface area contributed by atoms with Gasteiger partial charge < -0.3 is 10.1 Å². The normalized spacial score (nSPS) is 10.4. The Bertz CT molecular complexity index is 541. The highest BCUT2D eigenvalue weighted by atomic mass is 79.9. The second-order valence-corrected chi connectivity index (χ2v) is 5.15. The zero-order valence-corrected chi connectivity index (χ0v) is 11.6. The minimum absolute atomic E-state index is 0.0439. The zero-order chi connectivity index (χ0) is 13.1. The van der Waals surface area contributed by atoms with E-state index in [9.17, 15) is 8.78 Å². The van der Waals surface area contributed by atoms with Gasteiger partial charge in [0.1, 0.15) is 12.4 Å². The van der Waals surface area contributed by atoms with Crippen LogP contribution in [-0.2, 0) is 6.61 Å². The highest BCUT2D eigenvalue weighted by molar-refractivity contribution is 9.10. The summed E-state index contributed by atoms with van der Waals surface area (Å²) >= 11 is 4.34. The van der Waals surface area contributed by atoms with Crippen LogP contribution >= 0.6 is 27.3 Å². The molecule has 96 valence electrons. The topological polar surface area (TPSA) is 47.0 Å². The Morgan fingerprint density at radius 3 is 2.78 bits per heavy atom. The highest BCUT2D eigenvalue weighted by Gasteiger charge is 2.12. The lowest BCUT2D eigenvalue weighted by Crippen LogP contribution is -1.98. The third-order valence-corrected chi connectivity index (χ3v) is 3.49. The molecular weight excluding hydrogens is 328 g/mol. The monoisotopic (exact) mass is 335 g/mol. The molecule has 0 saturated heterocycles. The van der Waals surface area contributed by atoms with E-state index in [0.717, 1.165) is 12.1 Å². The number of anilines is 1. The lowest BCUT2D eigenvalue weighted by Gasteiger charge is -2.07. The number of ether oxygens (including phenoxy) is 1. The van der Waals surface area contributed by atoms with Crippen molar-refractivity contribution in [1.82, 2.24) is 10.2 Å². The van der Waals surface area contributed by atoms with E-state index in [1.54, 1.807) is 7.05 Å². The summed E-state index contributed by atoms with van der Waals surface area (Å²) in [4.78, 5) is 0. The predicted molar refractivity (Wildman–Crippen MR) is 67.8 cm³/mol. The molecule has 0 fully saturated rings. The average molecular weight is 336 g/mol.